The van der Waals surface area contributed by atoms with Gasteiger partial charge in [-0.05, 0) is 13.3 Å². The third-order valence-corrected chi connectivity index (χ3v) is 1.87. The first-order valence-corrected chi connectivity index (χ1v) is 4.43. The molecule has 0 bridgehead atoms. The van der Waals surface area contributed by atoms with Crippen molar-refractivity contribution in [2.75, 3.05) is 19.9 Å². The van der Waals surface area contributed by atoms with E-state index >= 15 is 0 Å². The van der Waals surface area contributed by atoms with Crippen molar-refractivity contribution in [1.82, 2.24) is 10.6 Å². The molecule has 0 aliphatic carbocycles. The van der Waals surface area contributed by atoms with Crippen LogP contribution in [0.3, 0.4) is 0 Å². The lowest BCUT2D eigenvalue weighted by molar-refractivity contribution is 0.188. The number of carbonyl (C=O) groups excluding carboxylic acids is 1. The van der Waals surface area contributed by atoms with Crippen molar-refractivity contribution in [1.29, 1.82) is 0 Å². The van der Waals surface area contributed by atoms with Crippen LogP contribution >= 0.6 is 0 Å². The summed E-state index contributed by atoms with van der Waals surface area (Å²) >= 11 is 0. The summed E-state index contributed by atoms with van der Waals surface area (Å²) in [4.78, 5) is 11.1. The van der Waals surface area contributed by atoms with Crippen LogP contribution in [-0.2, 0) is 4.74 Å². The quantitative estimate of drug-likeness (QED) is 0.678. The van der Waals surface area contributed by atoms with Gasteiger partial charge in [0.25, 0.3) is 0 Å². The maximum absolute atomic E-state index is 12.0. The fourth-order valence-electron chi connectivity index (χ4n) is 1.14. The van der Waals surface area contributed by atoms with E-state index in [9.17, 15) is 9.18 Å². The number of urea groups is 1. The first kappa shape index (κ1) is 10.2. The topological polar surface area (TPSA) is 50.4 Å². The van der Waals surface area contributed by atoms with E-state index in [2.05, 4.69) is 10.6 Å². The number of nitrogens with one attached hydrogen (secondary N) is 2. The summed E-state index contributed by atoms with van der Waals surface area (Å²) in [5, 5.41) is 5.18. The zero-order valence-corrected chi connectivity index (χ0v) is 7.68. The molecule has 0 radical (unpaired) electrons. The molecule has 13 heavy (non-hydrogen) atoms. The van der Waals surface area contributed by atoms with Gasteiger partial charge in [0.15, 0.2) is 0 Å². The van der Waals surface area contributed by atoms with Crippen LogP contribution in [-0.4, -0.2) is 38.0 Å². The van der Waals surface area contributed by atoms with Gasteiger partial charge in [0.05, 0.1) is 18.7 Å². The number of carbonyl (C=O) groups is 1. The van der Waals surface area contributed by atoms with Gasteiger partial charge in [-0.25, -0.2) is 9.18 Å². The van der Waals surface area contributed by atoms with Gasteiger partial charge in [-0.15, -0.1) is 0 Å². The van der Waals surface area contributed by atoms with E-state index in [0.29, 0.717) is 13.2 Å². The molecule has 4 nitrogen and oxygen atoms in total. The summed E-state index contributed by atoms with van der Waals surface area (Å²) in [7, 11) is 0. The number of ether oxygens (including phenoxy) is 1. The van der Waals surface area contributed by atoms with Crippen molar-refractivity contribution in [2.45, 2.75) is 25.4 Å². The van der Waals surface area contributed by atoms with Crippen molar-refractivity contribution < 1.29 is 13.9 Å². The molecule has 0 aromatic rings. The van der Waals surface area contributed by atoms with E-state index in [4.69, 9.17) is 4.74 Å². The van der Waals surface area contributed by atoms with Crippen molar-refractivity contribution in [2.24, 2.45) is 0 Å². The molecule has 0 aromatic heterocycles. The fourth-order valence-corrected chi connectivity index (χ4v) is 1.14. The zero-order chi connectivity index (χ0) is 9.68. The molecule has 0 saturated carbocycles. The van der Waals surface area contributed by atoms with Gasteiger partial charge in [0, 0.05) is 6.61 Å². The number of alkyl halides is 1. The number of hydrogen-bond donors (Lipinski definition) is 2. The predicted octanol–water partition coefficient (Wildman–Crippen LogP) is 0.432. The maximum Gasteiger partial charge on any atom is 0.315 e. The lowest BCUT2D eigenvalue weighted by Crippen LogP contribution is -2.46. The molecule has 1 aliphatic heterocycles. The molecule has 76 valence electrons. The van der Waals surface area contributed by atoms with Crippen LogP contribution < -0.4 is 10.6 Å². The molecule has 1 rings (SSSR count). The van der Waals surface area contributed by atoms with Crippen molar-refractivity contribution in [3.63, 3.8) is 0 Å². The Balaban J connectivity index is 2.16. The van der Waals surface area contributed by atoms with Crippen LogP contribution in [0.5, 0.6) is 0 Å². The summed E-state index contributed by atoms with van der Waals surface area (Å²) in [5.41, 5.74) is 0. The number of hydrogen-bond acceptors (Lipinski definition) is 2. The largest absolute Gasteiger partial charge is 0.379 e. The normalized spacial score (nSPS) is 24.0. The van der Waals surface area contributed by atoms with Crippen LogP contribution in [0.15, 0.2) is 0 Å². The molecule has 2 unspecified atom stereocenters. The van der Waals surface area contributed by atoms with Gasteiger partial charge in [0.2, 0.25) is 0 Å². The highest BCUT2D eigenvalue weighted by Crippen LogP contribution is 2.02. The summed E-state index contributed by atoms with van der Waals surface area (Å²) in [6.45, 7) is 2.31. The predicted molar refractivity (Wildman–Crippen MR) is 46.3 cm³/mol. The molecule has 0 aromatic carbocycles. The molecule has 2 atom stereocenters. The lowest BCUT2D eigenvalue weighted by atomic mass is 10.3. The Bertz CT molecular complexity index is 172. The van der Waals surface area contributed by atoms with E-state index < -0.39 is 12.7 Å². The number of rotatable bonds is 3. The Morgan fingerprint density at radius 2 is 2.54 bits per heavy atom. The average molecular weight is 190 g/mol. The highest BCUT2D eigenvalue weighted by molar-refractivity contribution is 5.74. The summed E-state index contributed by atoms with van der Waals surface area (Å²) in [6.07, 6.45) is 0.831. The monoisotopic (exact) mass is 190 g/mol. The van der Waals surface area contributed by atoms with E-state index in [1.807, 2.05) is 0 Å². The van der Waals surface area contributed by atoms with Gasteiger partial charge >= 0.3 is 6.03 Å². The fraction of sp³-hybridized carbons (Fsp3) is 0.875. The summed E-state index contributed by atoms with van der Waals surface area (Å²) < 4.78 is 17.1. The molecular weight excluding hydrogens is 175 g/mol. The molecule has 0 spiro atoms. The molecule has 5 heteroatoms. The minimum absolute atomic E-state index is 0.0758. The summed E-state index contributed by atoms with van der Waals surface area (Å²) in [5.74, 6) is 0. The highest BCUT2D eigenvalue weighted by atomic mass is 19.1. The third kappa shape index (κ3) is 3.59. The zero-order valence-electron chi connectivity index (χ0n) is 7.68. The first-order valence-electron chi connectivity index (χ1n) is 4.43. The Morgan fingerprint density at radius 3 is 3.08 bits per heavy atom. The van der Waals surface area contributed by atoms with E-state index in [1.54, 1.807) is 6.92 Å². The molecular formula is C8H15FN2O2. The number of halogens is 1. The minimum atomic E-state index is -0.547. The first-order chi connectivity index (χ1) is 6.22. The second kappa shape index (κ2) is 5.01. The van der Waals surface area contributed by atoms with Crippen molar-refractivity contribution >= 4 is 6.03 Å². The van der Waals surface area contributed by atoms with E-state index in [-0.39, 0.29) is 12.1 Å². The van der Waals surface area contributed by atoms with Crippen LogP contribution in [0.1, 0.15) is 13.3 Å². The van der Waals surface area contributed by atoms with Gasteiger partial charge in [-0.2, -0.15) is 0 Å². The molecule has 1 fully saturated rings. The standard InChI is InChI=1S/C8H15FN2O2/c1-6(4-9)10-8(12)11-7-2-3-13-5-7/h6-7H,2-5H2,1H3,(H2,10,11,12). The van der Waals surface area contributed by atoms with Gasteiger partial charge in [0.1, 0.15) is 6.67 Å². The minimum Gasteiger partial charge on any atom is -0.379 e. The maximum atomic E-state index is 12.0. The van der Waals surface area contributed by atoms with Gasteiger partial charge in [-0.1, -0.05) is 0 Å². The second-order valence-electron chi connectivity index (χ2n) is 3.23. The molecule has 2 N–H and O–H groups in total. The summed E-state index contributed by atoms with van der Waals surface area (Å²) in [6, 6.07) is -0.671. The van der Waals surface area contributed by atoms with Crippen LogP contribution in [0.2, 0.25) is 0 Å². The van der Waals surface area contributed by atoms with E-state index in [0.717, 1.165) is 6.42 Å². The van der Waals surface area contributed by atoms with Gasteiger partial charge in [-0.3, -0.25) is 0 Å². The number of amides is 2. The third-order valence-electron chi connectivity index (χ3n) is 1.87. The van der Waals surface area contributed by atoms with Crippen molar-refractivity contribution in [3.05, 3.63) is 0 Å². The van der Waals surface area contributed by atoms with Crippen LogP contribution in [0.4, 0.5) is 9.18 Å². The van der Waals surface area contributed by atoms with Crippen molar-refractivity contribution in [3.8, 4) is 0 Å². The molecule has 1 saturated heterocycles. The smallest absolute Gasteiger partial charge is 0.315 e. The van der Waals surface area contributed by atoms with Gasteiger partial charge < -0.3 is 15.4 Å². The lowest BCUT2D eigenvalue weighted by Gasteiger charge is -2.14. The molecule has 2 amide bonds. The van der Waals surface area contributed by atoms with E-state index in [1.165, 1.54) is 0 Å². The molecule has 1 aliphatic rings. The highest BCUT2D eigenvalue weighted by Gasteiger charge is 2.18. The van der Waals surface area contributed by atoms with Crippen LogP contribution in [0.25, 0.3) is 0 Å². The Kier molecular flexibility index (Phi) is 3.95. The Labute approximate surface area is 76.8 Å². The molecule has 1 heterocycles. The Hall–Kier alpha value is -0.840. The second-order valence-corrected chi connectivity index (χ2v) is 3.23. The Morgan fingerprint density at radius 1 is 1.77 bits per heavy atom. The van der Waals surface area contributed by atoms with Crippen LogP contribution in [0, 0.1) is 0 Å². The average Bonchev–Trinajstić information content (AvgIpc) is 2.56. The SMILES string of the molecule is CC(CF)NC(=O)NC1CCOC1.